The second kappa shape index (κ2) is 7.44. The molecule has 2 aromatic rings. The average molecular weight is 414 g/mol. The summed E-state index contributed by atoms with van der Waals surface area (Å²) in [6.07, 6.45) is 0. The van der Waals surface area contributed by atoms with E-state index < -0.39 is 10.0 Å². The van der Waals surface area contributed by atoms with Crippen LogP contribution in [0.3, 0.4) is 0 Å². The molecule has 0 saturated heterocycles. The van der Waals surface area contributed by atoms with Crippen molar-refractivity contribution in [3.63, 3.8) is 0 Å². The average Bonchev–Trinajstić information content (AvgIpc) is 2.55. The fourth-order valence-electron chi connectivity index (χ4n) is 2.17. The summed E-state index contributed by atoms with van der Waals surface area (Å²) in [5, 5.41) is 0. The van der Waals surface area contributed by atoms with E-state index in [1.54, 1.807) is 18.2 Å². The van der Waals surface area contributed by atoms with Gasteiger partial charge in [0, 0.05) is 10.5 Å². The number of anilines is 1. The second-order valence-electron chi connectivity index (χ2n) is 5.52. The van der Waals surface area contributed by atoms with Gasteiger partial charge in [0.25, 0.3) is 10.0 Å². The van der Waals surface area contributed by atoms with Crippen molar-refractivity contribution in [3.8, 4) is 11.5 Å². The molecule has 0 unspecified atom stereocenters. The van der Waals surface area contributed by atoms with Gasteiger partial charge in [-0.25, -0.2) is 8.42 Å². The molecule has 0 heterocycles. The van der Waals surface area contributed by atoms with Crippen LogP contribution in [0.15, 0.2) is 45.8 Å². The fourth-order valence-corrected chi connectivity index (χ4v) is 4.06. The van der Waals surface area contributed by atoms with Crippen molar-refractivity contribution < 1.29 is 17.9 Å². The Morgan fingerprint density at radius 2 is 1.75 bits per heavy atom. The van der Waals surface area contributed by atoms with E-state index in [4.69, 9.17) is 9.47 Å². The molecule has 7 heteroatoms. The zero-order valence-corrected chi connectivity index (χ0v) is 16.4. The molecule has 0 fully saturated rings. The lowest BCUT2D eigenvalue weighted by Crippen LogP contribution is -2.14. The van der Waals surface area contributed by atoms with Gasteiger partial charge in [0.05, 0.1) is 19.9 Å². The maximum atomic E-state index is 12.8. The normalized spacial score (nSPS) is 11.4. The Morgan fingerprint density at radius 3 is 2.29 bits per heavy atom. The van der Waals surface area contributed by atoms with Crippen molar-refractivity contribution in [2.75, 3.05) is 18.9 Å². The zero-order chi connectivity index (χ0) is 17.9. The summed E-state index contributed by atoms with van der Waals surface area (Å²) >= 11 is 3.42. The predicted octanol–water partition coefficient (Wildman–Crippen LogP) is 4.39. The number of methoxy groups -OCH3 is 2. The van der Waals surface area contributed by atoms with Gasteiger partial charge >= 0.3 is 0 Å². The van der Waals surface area contributed by atoms with Crippen molar-refractivity contribution in [2.24, 2.45) is 0 Å². The van der Waals surface area contributed by atoms with Crippen molar-refractivity contribution in [3.05, 3.63) is 46.4 Å². The molecular formula is C17H20BrNO4S. The van der Waals surface area contributed by atoms with E-state index in [0.717, 1.165) is 5.56 Å². The van der Waals surface area contributed by atoms with Crippen LogP contribution in [0, 0.1) is 0 Å². The molecule has 2 rings (SSSR count). The van der Waals surface area contributed by atoms with E-state index in [1.165, 1.54) is 20.3 Å². The molecule has 1 N–H and O–H groups in total. The minimum atomic E-state index is -3.83. The van der Waals surface area contributed by atoms with Crippen molar-refractivity contribution in [1.29, 1.82) is 0 Å². The van der Waals surface area contributed by atoms with E-state index in [0.29, 0.717) is 21.8 Å². The van der Waals surface area contributed by atoms with Crippen LogP contribution in [-0.4, -0.2) is 22.6 Å². The number of rotatable bonds is 6. The number of nitrogens with one attached hydrogen (secondary N) is 1. The second-order valence-corrected chi connectivity index (χ2v) is 8.02. The van der Waals surface area contributed by atoms with E-state index >= 15 is 0 Å². The van der Waals surface area contributed by atoms with Crippen LogP contribution >= 0.6 is 15.9 Å². The molecule has 24 heavy (non-hydrogen) atoms. The Hall–Kier alpha value is -1.73. The van der Waals surface area contributed by atoms with Gasteiger partial charge in [-0.3, -0.25) is 4.72 Å². The van der Waals surface area contributed by atoms with E-state index in [2.05, 4.69) is 34.5 Å². The van der Waals surface area contributed by atoms with Gasteiger partial charge in [-0.05, 0) is 51.7 Å². The maximum Gasteiger partial charge on any atom is 0.265 e. The molecule has 5 nitrogen and oxygen atoms in total. The fraction of sp³-hybridized carbons (Fsp3) is 0.294. The smallest absolute Gasteiger partial charge is 0.265 e. The first-order valence-electron chi connectivity index (χ1n) is 7.32. The van der Waals surface area contributed by atoms with Gasteiger partial charge in [-0.1, -0.05) is 19.9 Å². The molecule has 0 radical (unpaired) electrons. The first-order valence-corrected chi connectivity index (χ1v) is 9.60. The molecule has 0 spiro atoms. The topological polar surface area (TPSA) is 64.6 Å². The highest BCUT2D eigenvalue weighted by Gasteiger charge is 2.21. The van der Waals surface area contributed by atoms with E-state index in [1.807, 2.05) is 12.1 Å². The summed E-state index contributed by atoms with van der Waals surface area (Å²) in [4.78, 5) is 0.0178. The molecule has 0 aliphatic rings. The van der Waals surface area contributed by atoms with Crippen LogP contribution in [0.25, 0.3) is 0 Å². The number of hydrogen-bond acceptors (Lipinski definition) is 4. The number of halogens is 1. The molecule has 0 bridgehead atoms. The van der Waals surface area contributed by atoms with Crippen LogP contribution in [0.1, 0.15) is 25.3 Å². The zero-order valence-electron chi connectivity index (χ0n) is 14.0. The van der Waals surface area contributed by atoms with Gasteiger partial charge in [-0.2, -0.15) is 0 Å². The first-order chi connectivity index (χ1) is 11.3. The Kier molecular flexibility index (Phi) is 5.77. The number of sulfonamides is 1. The third-order valence-electron chi connectivity index (χ3n) is 3.56. The quantitative estimate of drug-likeness (QED) is 0.762. The van der Waals surface area contributed by atoms with Crippen molar-refractivity contribution in [2.45, 2.75) is 24.7 Å². The highest BCUT2D eigenvalue weighted by Crippen LogP contribution is 2.32. The molecule has 0 aromatic heterocycles. The highest BCUT2D eigenvalue weighted by molar-refractivity contribution is 9.10. The number of ether oxygens (including phenoxy) is 2. The number of hydrogen-bond donors (Lipinski definition) is 1. The summed E-state index contributed by atoms with van der Waals surface area (Å²) in [6.45, 7) is 4.15. The van der Waals surface area contributed by atoms with Gasteiger partial charge in [0.1, 0.15) is 16.4 Å². The Bertz CT molecular complexity index is 834. The molecular weight excluding hydrogens is 394 g/mol. The lowest BCUT2D eigenvalue weighted by atomic mass is 10.0. The standard InChI is InChI=1S/C17H20BrNO4S/c1-11(2)12-5-7-15(14(18)9-12)19-24(20,21)17-10-13(22-3)6-8-16(17)23-4/h5-11,19H,1-4H3. The molecule has 2 aromatic carbocycles. The van der Waals surface area contributed by atoms with E-state index in [9.17, 15) is 8.42 Å². The van der Waals surface area contributed by atoms with Crippen LogP contribution < -0.4 is 14.2 Å². The monoisotopic (exact) mass is 413 g/mol. The Balaban J connectivity index is 2.42. The van der Waals surface area contributed by atoms with Crippen LogP contribution in [-0.2, 0) is 10.0 Å². The predicted molar refractivity (Wildman–Crippen MR) is 98.6 cm³/mol. The molecule has 0 aliphatic heterocycles. The molecule has 0 aliphatic carbocycles. The summed E-state index contributed by atoms with van der Waals surface area (Å²) in [5.41, 5.74) is 1.58. The third kappa shape index (κ3) is 4.02. The van der Waals surface area contributed by atoms with E-state index in [-0.39, 0.29) is 10.6 Å². The minimum Gasteiger partial charge on any atom is -0.497 e. The SMILES string of the molecule is COc1ccc(OC)c(S(=O)(=O)Nc2ccc(C(C)C)cc2Br)c1. The number of benzene rings is 2. The molecule has 130 valence electrons. The summed E-state index contributed by atoms with van der Waals surface area (Å²) in [5.74, 6) is 1.04. The maximum absolute atomic E-state index is 12.8. The summed E-state index contributed by atoms with van der Waals surface area (Å²) in [6, 6.07) is 10.2. The minimum absolute atomic E-state index is 0.0178. The summed E-state index contributed by atoms with van der Waals surface area (Å²) in [7, 11) is -0.925. The summed E-state index contributed by atoms with van der Waals surface area (Å²) < 4.78 is 39.0. The third-order valence-corrected chi connectivity index (χ3v) is 5.61. The largest absolute Gasteiger partial charge is 0.497 e. The van der Waals surface area contributed by atoms with Gasteiger partial charge in [0.2, 0.25) is 0 Å². The molecule has 0 amide bonds. The molecule has 0 atom stereocenters. The van der Waals surface area contributed by atoms with Crippen molar-refractivity contribution in [1.82, 2.24) is 0 Å². The Labute approximate surface area is 151 Å². The Morgan fingerprint density at radius 1 is 1.04 bits per heavy atom. The van der Waals surface area contributed by atoms with Crippen molar-refractivity contribution >= 4 is 31.6 Å². The van der Waals surface area contributed by atoms with Gasteiger partial charge < -0.3 is 9.47 Å². The van der Waals surface area contributed by atoms with Gasteiger partial charge in [0.15, 0.2) is 0 Å². The molecule has 0 saturated carbocycles. The first kappa shape index (κ1) is 18.6. The van der Waals surface area contributed by atoms with Crippen LogP contribution in [0.5, 0.6) is 11.5 Å². The van der Waals surface area contributed by atoms with Gasteiger partial charge in [-0.15, -0.1) is 0 Å². The van der Waals surface area contributed by atoms with Crippen LogP contribution in [0.2, 0.25) is 0 Å². The highest BCUT2D eigenvalue weighted by atomic mass is 79.9. The lowest BCUT2D eigenvalue weighted by molar-refractivity contribution is 0.392. The van der Waals surface area contributed by atoms with Crippen LogP contribution in [0.4, 0.5) is 5.69 Å². The lowest BCUT2D eigenvalue weighted by Gasteiger charge is -2.15.